The Balaban J connectivity index is 1.83. The van der Waals surface area contributed by atoms with Crippen molar-refractivity contribution < 1.29 is 4.74 Å². The first-order chi connectivity index (χ1) is 12.7. The van der Waals surface area contributed by atoms with Gasteiger partial charge in [-0.2, -0.15) is 0 Å². The number of nitrogens with one attached hydrogen (secondary N) is 1. The number of hydrogen-bond donors (Lipinski definition) is 1. The third-order valence-electron chi connectivity index (χ3n) is 4.50. The standard InChI is InChI=1S/C21H25N3O2/c1-16(22-13-12-17-8-4-3-5-9-17)20-23-19-11-7-6-10-18(19)21(25)24(20)14-15-26-2/h3-11,16,22H,12-15H2,1-2H3/t16-/m1/s1. The average Bonchev–Trinajstić information content (AvgIpc) is 2.68. The Morgan fingerprint density at radius 2 is 1.85 bits per heavy atom. The molecule has 0 saturated heterocycles. The van der Waals surface area contributed by atoms with Gasteiger partial charge in [0.15, 0.2) is 0 Å². The summed E-state index contributed by atoms with van der Waals surface area (Å²) in [4.78, 5) is 17.7. The lowest BCUT2D eigenvalue weighted by Crippen LogP contribution is -2.32. The average molecular weight is 351 g/mol. The van der Waals surface area contributed by atoms with Crippen molar-refractivity contribution in [1.82, 2.24) is 14.9 Å². The first-order valence-corrected chi connectivity index (χ1v) is 8.96. The number of nitrogens with zero attached hydrogens (tertiary/aromatic N) is 2. The molecule has 1 aromatic heterocycles. The quantitative estimate of drug-likeness (QED) is 0.678. The van der Waals surface area contributed by atoms with E-state index in [-0.39, 0.29) is 11.6 Å². The van der Waals surface area contributed by atoms with Gasteiger partial charge in [0.05, 0.1) is 30.1 Å². The number of fused-ring (bicyclic) bond motifs is 1. The fraction of sp³-hybridized carbons (Fsp3) is 0.333. The molecule has 5 nitrogen and oxygen atoms in total. The van der Waals surface area contributed by atoms with Crippen LogP contribution in [0.5, 0.6) is 0 Å². The zero-order valence-corrected chi connectivity index (χ0v) is 15.3. The van der Waals surface area contributed by atoms with Gasteiger partial charge in [-0.3, -0.25) is 9.36 Å². The highest BCUT2D eigenvalue weighted by Crippen LogP contribution is 2.14. The normalized spacial score (nSPS) is 12.4. The monoisotopic (exact) mass is 351 g/mol. The lowest BCUT2D eigenvalue weighted by atomic mass is 10.1. The number of ether oxygens (including phenoxy) is 1. The molecular formula is C21H25N3O2. The van der Waals surface area contributed by atoms with E-state index in [1.807, 2.05) is 49.4 Å². The van der Waals surface area contributed by atoms with Crippen LogP contribution in [0, 0.1) is 0 Å². The summed E-state index contributed by atoms with van der Waals surface area (Å²) in [6.07, 6.45) is 0.932. The minimum absolute atomic E-state index is 0.0145. The van der Waals surface area contributed by atoms with E-state index < -0.39 is 0 Å². The number of para-hydroxylation sites is 1. The van der Waals surface area contributed by atoms with Crippen LogP contribution in [0.3, 0.4) is 0 Å². The van der Waals surface area contributed by atoms with E-state index in [1.165, 1.54) is 5.56 Å². The molecule has 0 amide bonds. The Hall–Kier alpha value is -2.50. The van der Waals surface area contributed by atoms with Gasteiger partial charge in [-0.05, 0) is 37.6 Å². The highest BCUT2D eigenvalue weighted by atomic mass is 16.5. The van der Waals surface area contributed by atoms with Gasteiger partial charge in [0, 0.05) is 7.11 Å². The molecule has 0 fully saturated rings. The second-order valence-electron chi connectivity index (χ2n) is 6.35. The second-order valence-corrected chi connectivity index (χ2v) is 6.35. The molecular weight excluding hydrogens is 326 g/mol. The van der Waals surface area contributed by atoms with Gasteiger partial charge >= 0.3 is 0 Å². The maximum Gasteiger partial charge on any atom is 0.261 e. The highest BCUT2D eigenvalue weighted by Gasteiger charge is 2.16. The number of aromatic nitrogens is 2. The van der Waals surface area contributed by atoms with Crippen LogP contribution < -0.4 is 10.9 Å². The summed E-state index contributed by atoms with van der Waals surface area (Å²) >= 11 is 0. The molecule has 0 bridgehead atoms. The molecule has 2 aromatic carbocycles. The van der Waals surface area contributed by atoms with Crippen molar-refractivity contribution in [1.29, 1.82) is 0 Å². The molecule has 3 aromatic rings. The predicted molar refractivity (Wildman–Crippen MR) is 104 cm³/mol. The topological polar surface area (TPSA) is 56.1 Å². The van der Waals surface area contributed by atoms with E-state index in [0.29, 0.717) is 18.5 Å². The molecule has 1 atom stereocenters. The fourth-order valence-corrected chi connectivity index (χ4v) is 3.08. The van der Waals surface area contributed by atoms with Gasteiger partial charge in [-0.15, -0.1) is 0 Å². The number of rotatable bonds is 8. The molecule has 1 N–H and O–H groups in total. The Bertz CT molecular complexity index is 906. The molecule has 0 radical (unpaired) electrons. The number of benzene rings is 2. The fourth-order valence-electron chi connectivity index (χ4n) is 3.08. The largest absolute Gasteiger partial charge is 0.383 e. The van der Waals surface area contributed by atoms with Crippen molar-refractivity contribution in [3.05, 3.63) is 76.3 Å². The van der Waals surface area contributed by atoms with Crippen LogP contribution in [0.1, 0.15) is 24.4 Å². The van der Waals surface area contributed by atoms with Gasteiger partial charge < -0.3 is 10.1 Å². The van der Waals surface area contributed by atoms with Crippen molar-refractivity contribution in [2.24, 2.45) is 0 Å². The summed E-state index contributed by atoms with van der Waals surface area (Å²) in [6.45, 7) is 3.83. The molecule has 5 heteroatoms. The van der Waals surface area contributed by atoms with Gasteiger partial charge in [0.25, 0.3) is 5.56 Å². The van der Waals surface area contributed by atoms with E-state index in [0.717, 1.165) is 24.3 Å². The van der Waals surface area contributed by atoms with Gasteiger partial charge in [0.2, 0.25) is 0 Å². The minimum Gasteiger partial charge on any atom is -0.383 e. The lowest BCUT2D eigenvalue weighted by Gasteiger charge is -2.19. The van der Waals surface area contributed by atoms with Crippen molar-refractivity contribution in [2.45, 2.75) is 25.9 Å². The van der Waals surface area contributed by atoms with E-state index in [2.05, 4.69) is 17.4 Å². The molecule has 3 rings (SSSR count). The molecule has 0 aliphatic heterocycles. The van der Waals surface area contributed by atoms with Gasteiger partial charge in [-0.1, -0.05) is 42.5 Å². The van der Waals surface area contributed by atoms with Gasteiger partial charge in [-0.25, -0.2) is 4.98 Å². The molecule has 0 aliphatic carbocycles. The molecule has 0 spiro atoms. The Kier molecular flexibility index (Phi) is 6.15. The van der Waals surface area contributed by atoms with Crippen molar-refractivity contribution in [3.63, 3.8) is 0 Å². The maximum atomic E-state index is 12.9. The zero-order chi connectivity index (χ0) is 18.4. The summed E-state index contributed by atoms with van der Waals surface area (Å²) < 4.78 is 6.91. The maximum absolute atomic E-state index is 12.9. The summed E-state index contributed by atoms with van der Waals surface area (Å²) in [7, 11) is 1.64. The summed E-state index contributed by atoms with van der Waals surface area (Å²) in [5.74, 6) is 0.749. The molecule has 1 heterocycles. The van der Waals surface area contributed by atoms with E-state index in [9.17, 15) is 4.79 Å². The first-order valence-electron chi connectivity index (χ1n) is 8.96. The summed E-state index contributed by atoms with van der Waals surface area (Å²) in [5, 5.41) is 4.14. The Morgan fingerprint density at radius 3 is 2.62 bits per heavy atom. The minimum atomic E-state index is -0.0344. The second kappa shape index (κ2) is 8.74. The van der Waals surface area contributed by atoms with E-state index >= 15 is 0 Å². The Labute approximate surface area is 153 Å². The first kappa shape index (κ1) is 18.3. The summed E-state index contributed by atoms with van der Waals surface area (Å²) in [6, 6.07) is 17.8. The van der Waals surface area contributed by atoms with Crippen LogP contribution in [0.4, 0.5) is 0 Å². The summed E-state index contributed by atoms with van der Waals surface area (Å²) in [5.41, 5.74) is 2.01. The third-order valence-corrected chi connectivity index (χ3v) is 4.50. The van der Waals surface area contributed by atoms with E-state index in [4.69, 9.17) is 9.72 Å². The van der Waals surface area contributed by atoms with Gasteiger partial charge in [0.1, 0.15) is 5.82 Å². The number of methoxy groups -OCH3 is 1. The number of hydrogen-bond acceptors (Lipinski definition) is 4. The van der Waals surface area contributed by atoms with E-state index in [1.54, 1.807) is 11.7 Å². The lowest BCUT2D eigenvalue weighted by molar-refractivity contribution is 0.184. The SMILES string of the molecule is COCCn1c([C@@H](C)NCCc2ccccc2)nc2ccccc2c1=O. The van der Waals surface area contributed by atoms with Crippen LogP contribution in [-0.4, -0.2) is 29.8 Å². The van der Waals surface area contributed by atoms with Crippen LogP contribution in [0.25, 0.3) is 10.9 Å². The smallest absolute Gasteiger partial charge is 0.261 e. The Morgan fingerprint density at radius 1 is 1.12 bits per heavy atom. The van der Waals surface area contributed by atoms with Crippen LogP contribution >= 0.6 is 0 Å². The van der Waals surface area contributed by atoms with Crippen LogP contribution in [0.2, 0.25) is 0 Å². The van der Waals surface area contributed by atoms with Crippen LogP contribution in [0.15, 0.2) is 59.4 Å². The molecule has 0 unspecified atom stereocenters. The van der Waals surface area contributed by atoms with Crippen LogP contribution in [-0.2, 0) is 17.7 Å². The van der Waals surface area contributed by atoms with Crippen molar-refractivity contribution in [3.8, 4) is 0 Å². The predicted octanol–water partition coefficient (Wildman–Crippen LogP) is 2.94. The molecule has 136 valence electrons. The van der Waals surface area contributed by atoms with Crippen molar-refractivity contribution in [2.75, 3.05) is 20.3 Å². The molecule has 0 saturated carbocycles. The zero-order valence-electron chi connectivity index (χ0n) is 15.3. The molecule has 26 heavy (non-hydrogen) atoms. The molecule has 0 aliphatic rings. The highest BCUT2D eigenvalue weighted by molar-refractivity contribution is 5.77. The van der Waals surface area contributed by atoms with Crippen molar-refractivity contribution >= 4 is 10.9 Å². The third kappa shape index (κ3) is 4.18.